The lowest BCUT2D eigenvalue weighted by Crippen LogP contribution is -2.22. The molecular weight excluding hydrogens is 580 g/mol. The summed E-state index contributed by atoms with van der Waals surface area (Å²) in [5, 5.41) is 0. The van der Waals surface area contributed by atoms with Crippen molar-refractivity contribution in [1.82, 2.24) is 0 Å². The Labute approximate surface area is 240 Å². The molecule has 6 bridgehead atoms. The fourth-order valence-electron chi connectivity index (χ4n) is 8.51. The molecule has 0 spiro atoms. The molecule has 2 aromatic rings. The van der Waals surface area contributed by atoms with Crippen LogP contribution in [0, 0.1) is 23.3 Å². The molecule has 8 rings (SSSR count). The molecule has 12 heteroatoms. The normalized spacial score (nSPS) is 36.5. The maximum Gasteiger partial charge on any atom is 0.300 e. The molecule has 0 amide bonds. The quantitative estimate of drug-likeness (QED) is 0.230. The van der Waals surface area contributed by atoms with Crippen LogP contribution < -0.4 is 4.74 Å². The minimum Gasteiger partial charge on any atom is -0.450 e. The van der Waals surface area contributed by atoms with Gasteiger partial charge < -0.3 is 18.9 Å². The lowest BCUT2D eigenvalue weighted by molar-refractivity contribution is 0.0995. The van der Waals surface area contributed by atoms with Crippen LogP contribution in [0.25, 0.3) is 0 Å². The highest BCUT2D eigenvalue weighted by Gasteiger charge is 2.48. The minimum atomic E-state index is -5.60. The van der Waals surface area contributed by atoms with Crippen molar-refractivity contribution in [3.05, 3.63) is 52.1 Å². The Morgan fingerprint density at radius 2 is 1.07 bits per heavy atom. The van der Waals surface area contributed by atoms with E-state index in [1.54, 1.807) is 0 Å². The number of halogens is 4. The molecule has 0 saturated carbocycles. The third-order valence-electron chi connectivity index (χ3n) is 10.4. The molecule has 9 unspecified atom stereocenters. The second-order valence-corrected chi connectivity index (χ2v) is 14.0. The smallest absolute Gasteiger partial charge is 0.300 e. The summed E-state index contributed by atoms with van der Waals surface area (Å²) in [4.78, 5) is -2.10. The van der Waals surface area contributed by atoms with Gasteiger partial charge in [-0.3, -0.25) is 4.55 Å². The van der Waals surface area contributed by atoms with Gasteiger partial charge in [0.25, 0.3) is 0 Å². The van der Waals surface area contributed by atoms with Gasteiger partial charge >= 0.3 is 10.1 Å². The Hall–Kier alpha value is -2.25. The van der Waals surface area contributed by atoms with Crippen molar-refractivity contribution in [2.24, 2.45) is 0 Å². The van der Waals surface area contributed by atoms with Gasteiger partial charge in [-0.2, -0.15) is 17.2 Å². The van der Waals surface area contributed by atoms with E-state index in [1.165, 1.54) is 0 Å². The van der Waals surface area contributed by atoms with Crippen molar-refractivity contribution in [2.75, 3.05) is 0 Å². The molecule has 2 aromatic carbocycles. The Balaban J connectivity index is 1.31. The molecule has 6 heterocycles. The summed E-state index contributed by atoms with van der Waals surface area (Å²) >= 11 is 0. The van der Waals surface area contributed by atoms with Crippen LogP contribution in [0.5, 0.6) is 11.5 Å². The Morgan fingerprint density at radius 1 is 0.643 bits per heavy atom. The molecule has 226 valence electrons. The monoisotopic (exact) mass is 610 g/mol. The van der Waals surface area contributed by atoms with Crippen LogP contribution in [-0.4, -0.2) is 49.6 Å². The van der Waals surface area contributed by atoms with Crippen LogP contribution in [0.1, 0.15) is 92.2 Å². The summed E-state index contributed by atoms with van der Waals surface area (Å²) in [6.45, 7) is 0. The van der Waals surface area contributed by atoms with E-state index in [0.29, 0.717) is 24.0 Å². The second kappa shape index (κ2) is 9.62. The molecule has 42 heavy (non-hydrogen) atoms. The first-order valence-electron chi connectivity index (χ1n) is 14.7. The summed E-state index contributed by atoms with van der Waals surface area (Å²) in [7, 11) is -5.60. The van der Waals surface area contributed by atoms with Gasteiger partial charge in [-0.05, 0) is 63.4 Å². The lowest BCUT2D eigenvalue weighted by Gasteiger charge is -2.30. The molecule has 6 aliphatic rings. The highest BCUT2D eigenvalue weighted by atomic mass is 32.2. The summed E-state index contributed by atoms with van der Waals surface area (Å²) in [5.74, 6) is -10.1. The van der Waals surface area contributed by atoms with Crippen molar-refractivity contribution in [3.8, 4) is 11.5 Å². The van der Waals surface area contributed by atoms with E-state index in [-0.39, 0.29) is 60.1 Å². The fourth-order valence-corrected chi connectivity index (χ4v) is 9.14. The Kier molecular flexibility index (Phi) is 6.26. The average Bonchev–Trinajstić information content (AvgIpc) is 3.81. The van der Waals surface area contributed by atoms with Gasteiger partial charge in [0.2, 0.25) is 17.4 Å². The number of ether oxygens (including phenoxy) is 4. The standard InChI is InChI=1S/C30H30F4O7S/c31-24-26(33)30(42(35,36)37)27(34)25(32)29(24)41-28-19(17-10-14-2-5-22(17)39-14)7-12(16-9-13-1-4-21(16)38-13)8-20(28)18-11-15-3-6-23(18)40-15/h7-8,13-18,21-23H,1-6,9-11H2,(H,35,36,37). The maximum absolute atomic E-state index is 15.3. The van der Waals surface area contributed by atoms with E-state index in [1.807, 2.05) is 12.1 Å². The van der Waals surface area contributed by atoms with Gasteiger partial charge in [0.1, 0.15) is 5.75 Å². The van der Waals surface area contributed by atoms with E-state index in [4.69, 9.17) is 18.9 Å². The van der Waals surface area contributed by atoms with Crippen molar-refractivity contribution >= 4 is 10.1 Å². The Morgan fingerprint density at radius 3 is 1.43 bits per heavy atom. The third kappa shape index (κ3) is 4.16. The van der Waals surface area contributed by atoms with Crippen LogP contribution in [0.2, 0.25) is 0 Å². The third-order valence-corrected chi connectivity index (χ3v) is 11.2. The number of hydrogen-bond acceptors (Lipinski definition) is 6. The number of benzene rings is 2. The summed E-state index contributed by atoms with van der Waals surface area (Å²) in [6.07, 6.45) is 7.62. The van der Waals surface area contributed by atoms with Crippen molar-refractivity contribution in [2.45, 2.75) is 117 Å². The predicted octanol–water partition coefficient (Wildman–Crippen LogP) is 6.39. The van der Waals surface area contributed by atoms with Gasteiger partial charge in [-0.25, -0.2) is 8.78 Å². The van der Waals surface area contributed by atoms with E-state index >= 15 is 8.78 Å². The van der Waals surface area contributed by atoms with Crippen LogP contribution in [-0.2, 0) is 24.3 Å². The molecule has 6 fully saturated rings. The highest BCUT2D eigenvalue weighted by Crippen LogP contribution is 2.55. The summed E-state index contributed by atoms with van der Waals surface area (Å²) in [5.41, 5.74) is 2.34. The van der Waals surface area contributed by atoms with E-state index in [2.05, 4.69) is 0 Å². The van der Waals surface area contributed by atoms with E-state index in [9.17, 15) is 21.8 Å². The van der Waals surface area contributed by atoms with Gasteiger partial charge in [-0.15, -0.1) is 0 Å². The van der Waals surface area contributed by atoms with Crippen LogP contribution in [0.4, 0.5) is 17.6 Å². The molecular formula is C30H30F4O7S. The van der Waals surface area contributed by atoms with Gasteiger partial charge in [0.05, 0.1) is 36.6 Å². The van der Waals surface area contributed by atoms with Crippen LogP contribution in [0.3, 0.4) is 0 Å². The minimum absolute atomic E-state index is 0.0361. The van der Waals surface area contributed by atoms with Gasteiger partial charge in [-0.1, -0.05) is 12.1 Å². The van der Waals surface area contributed by atoms with Crippen molar-refractivity contribution < 1.29 is 49.5 Å². The first-order chi connectivity index (χ1) is 20.1. The maximum atomic E-state index is 15.3. The molecule has 6 saturated heterocycles. The summed E-state index contributed by atoms with van der Waals surface area (Å²) in [6, 6.07) is 3.96. The molecule has 0 aromatic heterocycles. The average molecular weight is 611 g/mol. The first kappa shape index (κ1) is 27.3. The zero-order valence-electron chi connectivity index (χ0n) is 22.5. The van der Waals surface area contributed by atoms with E-state index < -0.39 is 44.0 Å². The highest BCUT2D eigenvalue weighted by molar-refractivity contribution is 7.85. The van der Waals surface area contributed by atoms with Crippen molar-refractivity contribution in [1.29, 1.82) is 0 Å². The first-order valence-corrected chi connectivity index (χ1v) is 16.2. The fraction of sp³-hybridized carbons (Fsp3) is 0.600. The molecule has 0 aliphatic carbocycles. The number of hydrogen-bond donors (Lipinski definition) is 1. The second-order valence-electron chi connectivity index (χ2n) is 12.7. The summed E-state index contributed by atoms with van der Waals surface area (Å²) < 4.78 is 117. The lowest BCUT2D eigenvalue weighted by atomic mass is 9.75. The molecule has 7 nitrogen and oxygen atoms in total. The van der Waals surface area contributed by atoms with Gasteiger partial charge in [0, 0.05) is 28.9 Å². The molecule has 6 aliphatic heterocycles. The predicted molar refractivity (Wildman–Crippen MR) is 138 cm³/mol. The number of fused-ring (bicyclic) bond motifs is 6. The van der Waals surface area contributed by atoms with E-state index in [0.717, 1.165) is 50.5 Å². The Bertz CT molecular complexity index is 1500. The van der Waals surface area contributed by atoms with Gasteiger partial charge in [0.15, 0.2) is 16.5 Å². The van der Waals surface area contributed by atoms with Crippen molar-refractivity contribution in [3.63, 3.8) is 0 Å². The number of rotatable bonds is 6. The largest absolute Gasteiger partial charge is 0.450 e. The topological polar surface area (TPSA) is 91.3 Å². The van der Waals surface area contributed by atoms with Crippen LogP contribution >= 0.6 is 0 Å². The molecule has 0 radical (unpaired) electrons. The SMILES string of the molecule is O=S(=O)(O)c1c(F)c(F)c(Oc2c(C3CC4CCC3O4)cc(C3CC4CCC3O4)cc2C2CC3CCC2O3)c(F)c1F. The van der Waals surface area contributed by atoms with Crippen LogP contribution in [0.15, 0.2) is 17.0 Å². The molecule has 9 atom stereocenters. The zero-order chi connectivity index (χ0) is 29.1. The zero-order valence-corrected chi connectivity index (χ0v) is 23.3. The molecule has 1 N–H and O–H groups in total.